The molecule has 0 bridgehead atoms. The van der Waals surface area contributed by atoms with E-state index in [9.17, 15) is 4.79 Å². The highest BCUT2D eigenvalue weighted by molar-refractivity contribution is 14.0. The number of nitrogens with zero attached hydrogens (tertiary/aromatic N) is 1. The van der Waals surface area contributed by atoms with Gasteiger partial charge in [-0.05, 0) is 12.1 Å². The standard InChI is InChI=1S/C11H16N4O2.HI/c1-8(16)15-9-3-2-4-10(7-9)17-6-5-14-11(12)13;/h2-4,7H,5-6H2,1H3,(H,15,16)(H4,12,13,14);1H. The number of rotatable bonds is 5. The molecule has 0 aliphatic carbocycles. The van der Waals surface area contributed by atoms with E-state index < -0.39 is 0 Å². The maximum Gasteiger partial charge on any atom is 0.221 e. The molecule has 5 N–H and O–H groups in total. The first-order valence-corrected chi connectivity index (χ1v) is 5.14. The third-order valence-electron chi connectivity index (χ3n) is 1.81. The zero-order valence-corrected chi connectivity index (χ0v) is 12.4. The van der Waals surface area contributed by atoms with Crippen LogP contribution >= 0.6 is 24.0 Å². The van der Waals surface area contributed by atoms with Crippen molar-refractivity contribution in [2.24, 2.45) is 16.5 Å². The first kappa shape index (κ1) is 16.5. The average Bonchev–Trinajstić information content (AvgIpc) is 2.24. The number of ether oxygens (including phenoxy) is 1. The van der Waals surface area contributed by atoms with Crippen LogP contribution in [-0.2, 0) is 4.79 Å². The molecular formula is C11H17IN4O2. The second kappa shape index (κ2) is 8.56. The summed E-state index contributed by atoms with van der Waals surface area (Å²) in [4.78, 5) is 14.7. The number of hydrogen-bond donors (Lipinski definition) is 3. The minimum absolute atomic E-state index is 0. The molecule has 0 unspecified atom stereocenters. The molecule has 1 amide bonds. The van der Waals surface area contributed by atoms with Crippen LogP contribution in [0.2, 0.25) is 0 Å². The Balaban J connectivity index is 0.00000289. The molecule has 0 spiro atoms. The first-order valence-electron chi connectivity index (χ1n) is 5.14. The molecule has 0 radical (unpaired) electrons. The summed E-state index contributed by atoms with van der Waals surface area (Å²) < 4.78 is 5.41. The molecule has 0 saturated carbocycles. The lowest BCUT2D eigenvalue weighted by Crippen LogP contribution is -2.23. The van der Waals surface area contributed by atoms with Crippen LogP contribution < -0.4 is 21.5 Å². The highest BCUT2D eigenvalue weighted by atomic mass is 127. The van der Waals surface area contributed by atoms with Crippen molar-refractivity contribution in [3.8, 4) is 5.75 Å². The molecule has 0 saturated heterocycles. The summed E-state index contributed by atoms with van der Waals surface area (Å²) in [7, 11) is 0. The van der Waals surface area contributed by atoms with Crippen molar-refractivity contribution in [1.29, 1.82) is 0 Å². The molecule has 100 valence electrons. The van der Waals surface area contributed by atoms with Crippen molar-refractivity contribution in [2.75, 3.05) is 18.5 Å². The zero-order chi connectivity index (χ0) is 12.7. The van der Waals surface area contributed by atoms with Crippen molar-refractivity contribution < 1.29 is 9.53 Å². The van der Waals surface area contributed by atoms with E-state index >= 15 is 0 Å². The van der Waals surface area contributed by atoms with Crippen LogP contribution in [0, 0.1) is 0 Å². The number of nitrogens with one attached hydrogen (secondary N) is 1. The monoisotopic (exact) mass is 364 g/mol. The smallest absolute Gasteiger partial charge is 0.221 e. The molecule has 7 heteroatoms. The van der Waals surface area contributed by atoms with Crippen LogP contribution in [0.15, 0.2) is 29.3 Å². The number of benzene rings is 1. The Kier molecular flexibility index (Phi) is 7.84. The summed E-state index contributed by atoms with van der Waals surface area (Å²) in [5, 5.41) is 2.67. The van der Waals surface area contributed by atoms with Crippen molar-refractivity contribution >= 4 is 41.5 Å². The van der Waals surface area contributed by atoms with E-state index in [0.717, 1.165) is 0 Å². The number of guanidine groups is 1. The number of amides is 1. The van der Waals surface area contributed by atoms with Gasteiger partial charge in [-0.15, -0.1) is 24.0 Å². The van der Waals surface area contributed by atoms with Crippen LogP contribution in [0.1, 0.15) is 6.92 Å². The van der Waals surface area contributed by atoms with E-state index in [2.05, 4.69) is 10.3 Å². The fourth-order valence-electron chi connectivity index (χ4n) is 1.21. The lowest BCUT2D eigenvalue weighted by molar-refractivity contribution is -0.114. The fraction of sp³-hybridized carbons (Fsp3) is 0.273. The third kappa shape index (κ3) is 6.94. The van der Waals surface area contributed by atoms with Gasteiger partial charge in [0.2, 0.25) is 5.91 Å². The predicted octanol–water partition coefficient (Wildman–Crippen LogP) is 0.915. The first-order chi connectivity index (χ1) is 8.08. The van der Waals surface area contributed by atoms with Crippen molar-refractivity contribution in [1.82, 2.24) is 0 Å². The number of nitrogens with two attached hydrogens (primary N) is 2. The number of carbonyl (C=O) groups is 1. The largest absolute Gasteiger partial charge is 0.492 e. The second-order valence-corrected chi connectivity index (χ2v) is 3.36. The minimum atomic E-state index is -0.123. The Bertz CT molecular complexity index is 419. The van der Waals surface area contributed by atoms with Gasteiger partial charge in [-0.2, -0.15) is 0 Å². The van der Waals surface area contributed by atoms with E-state index in [1.165, 1.54) is 6.92 Å². The molecule has 0 heterocycles. The average molecular weight is 364 g/mol. The summed E-state index contributed by atoms with van der Waals surface area (Å²) >= 11 is 0. The molecule has 1 aromatic rings. The number of anilines is 1. The Morgan fingerprint density at radius 1 is 1.44 bits per heavy atom. The Labute approximate surface area is 123 Å². The highest BCUT2D eigenvalue weighted by Crippen LogP contribution is 2.17. The van der Waals surface area contributed by atoms with Gasteiger partial charge in [-0.1, -0.05) is 6.07 Å². The topological polar surface area (TPSA) is 103 Å². The van der Waals surface area contributed by atoms with Crippen LogP contribution in [0.4, 0.5) is 5.69 Å². The predicted molar refractivity (Wildman–Crippen MR) is 82.3 cm³/mol. The molecule has 0 fully saturated rings. The lowest BCUT2D eigenvalue weighted by Gasteiger charge is -2.07. The molecule has 0 aromatic heterocycles. The molecule has 0 atom stereocenters. The maximum absolute atomic E-state index is 10.9. The molecule has 0 aliphatic rings. The molecule has 1 aromatic carbocycles. The maximum atomic E-state index is 10.9. The molecule has 6 nitrogen and oxygen atoms in total. The summed E-state index contributed by atoms with van der Waals surface area (Å²) in [6, 6.07) is 7.10. The molecule has 0 aliphatic heterocycles. The second-order valence-electron chi connectivity index (χ2n) is 3.36. The Morgan fingerprint density at radius 3 is 2.78 bits per heavy atom. The van der Waals surface area contributed by atoms with Gasteiger partial charge in [0.05, 0.1) is 6.54 Å². The van der Waals surface area contributed by atoms with Crippen LogP contribution in [-0.4, -0.2) is 25.0 Å². The van der Waals surface area contributed by atoms with E-state index in [-0.39, 0.29) is 35.8 Å². The van der Waals surface area contributed by atoms with Gasteiger partial charge in [-0.25, -0.2) is 0 Å². The molecule has 1 rings (SSSR count). The van der Waals surface area contributed by atoms with Gasteiger partial charge in [0.15, 0.2) is 5.96 Å². The van der Waals surface area contributed by atoms with Crippen molar-refractivity contribution in [3.63, 3.8) is 0 Å². The Morgan fingerprint density at radius 2 is 2.17 bits per heavy atom. The summed E-state index contributed by atoms with van der Waals surface area (Å²) in [5.74, 6) is 0.574. The SMILES string of the molecule is CC(=O)Nc1cccc(OCCN=C(N)N)c1.I. The fourth-order valence-corrected chi connectivity index (χ4v) is 1.21. The van der Waals surface area contributed by atoms with Gasteiger partial charge in [0.25, 0.3) is 0 Å². The summed E-state index contributed by atoms with van der Waals surface area (Å²) in [6.07, 6.45) is 0. The van der Waals surface area contributed by atoms with Crippen molar-refractivity contribution in [3.05, 3.63) is 24.3 Å². The van der Waals surface area contributed by atoms with E-state index in [0.29, 0.717) is 24.6 Å². The van der Waals surface area contributed by atoms with Gasteiger partial charge < -0.3 is 21.5 Å². The van der Waals surface area contributed by atoms with Crippen molar-refractivity contribution in [2.45, 2.75) is 6.92 Å². The van der Waals surface area contributed by atoms with E-state index in [1.807, 2.05) is 0 Å². The van der Waals surface area contributed by atoms with Gasteiger partial charge in [-0.3, -0.25) is 9.79 Å². The number of halogens is 1. The Hall–Kier alpha value is -1.51. The van der Waals surface area contributed by atoms with Gasteiger partial charge in [0, 0.05) is 18.7 Å². The normalized spacial score (nSPS) is 8.94. The lowest BCUT2D eigenvalue weighted by atomic mass is 10.3. The quantitative estimate of drug-likeness (QED) is 0.313. The zero-order valence-electron chi connectivity index (χ0n) is 10.1. The highest BCUT2D eigenvalue weighted by Gasteiger charge is 1.98. The minimum Gasteiger partial charge on any atom is -0.492 e. The molecular weight excluding hydrogens is 347 g/mol. The van der Waals surface area contributed by atoms with Crippen LogP contribution in [0.25, 0.3) is 0 Å². The summed E-state index contributed by atoms with van der Waals surface area (Å²) in [6.45, 7) is 2.22. The number of aliphatic imine (C=N–C) groups is 1. The van der Waals surface area contributed by atoms with Crippen LogP contribution in [0.5, 0.6) is 5.75 Å². The van der Waals surface area contributed by atoms with E-state index in [1.54, 1.807) is 24.3 Å². The van der Waals surface area contributed by atoms with Gasteiger partial charge >= 0.3 is 0 Å². The number of hydrogen-bond acceptors (Lipinski definition) is 3. The van der Waals surface area contributed by atoms with Crippen LogP contribution in [0.3, 0.4) is 0 Å². The number of carbonyl (C=O) groups excluding carboxylic acids is 1. The van der Waals surface area contributed by atoms with Gasteiger partial charge in [0.1, 0.15) is 12.4 Å². The molecule has 18 heavy (non-hydrogen) atoms. The van der Waals surface area contributed by atoms with E-state index in [4.69, 9.17) is 16.2 Å². The third-order valence-corrected chi connectivity index (χ3v) is 1.81. The summed E-state index contributed by atoms with van der Waals surface area (Å²) in [5.41, 5.74) is 11.0.